The van der Waals surface area contributed by atoms with E-state index in [2.05, 4.69) is 97.4 Å². The van der Waals surface area contributed by atoms with Crippen molar-refractivity contribution in [3.8, 4) is 0 Å². The van der Waals surface area contributed by atoms with Gasteiger partial charge in [0.1, 0.15) is 12.1 Å². The number of rotatable bonds is 39. The van der Waals surface area contributed by atoms with Gasteiger partial charge in [0.15, 0.2) is 0 Å². The molecule has 0 aromatic heterocycles. The molecule has 0 spiro atoms. The molecule has 0 aromatic carbocycles. The van der Waals surface area contributed by atoms with Crippen molar-refractivity contribution in [2.24, 2.45) is 0 Å². The van der Waals surface area contributed by atoms with E-state index in [9.17, 15) is 19.2 Å². The fraction of sp³-hybridized carbons (Fsp3) is 0.667. The SMILES string of the molecule is CC/C=C\C/C=C\C/C=C\C/C=C\C/C=C\CCCCCCCCCC(=O)OC(/C=C\CCCCCCC)CCCCCCC(=O)NCC(=O)NC(CO)C(=O)O. The zero-order valence-electron chi connectivity index (χ0n) is 35.8. The fourth-order valence-electron chi connectivity index (χ4n) is 6.00. The summed E-state index contributed by atoms with van der Waals surface area (Å²) in [6.45, 7) is 3.31. The lowest BCUT2D eigenvalue weighted by molar-refractivity contribution is -0.147. The highest BCUT2D eigenvalue weighted by molar-refractivity contribution is 5.87. The molecule has 0 aliphatic carbocycles. The first-order valence-electron chi connectivity index (χ1n) is 22.3. The molecule has 0 aliphatic rings. The third kappa shape index (κ3) is 38.9. The van der Waals surface area contributed by atoms with E-state index >= 15 is 0 Å². The van der Waals surface area contributed by atoms with E-state index in [-0.39, 0.29) is 30.9 Å². The van der Waals surface area contributed by atoms with E-state index < -0.39 is 24.5 Å². The molecule has 2 amide bonds. The molecule has 0 radical (unpaired) electrons. The quantitative estimate of drug-likeness (QED) is 0.0276. The molecule has 324 valence electrons. The van der Waals surface area contributed by atoms with E-state index in [1.54, 1.807) is 0 Å². The average molecular weight is 797 g/mol. The Kier molecular flexibility index (Phi) is 39.2. The van der Waals surface area contributed by atoms with Crippen LogP contribution in [0.2, 0.25) is 0 Å². The number of carboxylic acids is 1. The van der Waals surface area contributed by atoms with Crippen LogP contribution in [0, 0.1) is 0 Å². The second-order valence-electron chi connectivity index (χ2n) is 14.8. The van der Waals surface area contributed by atoms with Crippen molar-refractivity contribution in [2.45, 2.75) is 193 Å². The van der Waals surface area contributed by atoms with E-state index in [0.717, 1.165) is 96.3 Å². The minimum absolute atomic E-state index is 0.126. The van der Waals surface area contributed by atoms with Crippen LogP contribution in [0.3, 0.4) is 0 Å². The number of allylic oxidation sites excluding steroid dienone is 11. The highest BCUT2D eigenvalue weighted by atomic mass is 16.5. The maximum Gasteiger partial charge on any atom is 0.328 e. The van der Waals surface area contributed by atoms with Crippen molar-refractivity contribution >= 4 is 23.8 Å². The molecule has 9 heteroatoms. The van der Waals surface area contributed by atoms with Crippen LogP contribution in [0.5, 0.6) is 0 Å². The Hall–Kier alpha value is -3.72. The first-order chi connectivity index (χ1) is 27.8. The molecule has 0 aliphatic heterocycles. The smallest absolute Gasteiger partial charge is 0.328 e. The average Bonchev–Trinajstić information content (AvgIpc) is 3.20. The summed E-state index contributed by atoms with van der Waals surface area (Å²) in [4.78, 5) is 47.5. The number of hydrogen-bond acceptors (Lipinski definition) is 6. The van der Waals surface area contributed by atoms with Gasteiger partial charge in [0.05, 0.1) is 13.2 Å². The summed E-state index contributed by atoms with van der Waals surface area (Å²) in [6, 6.07) is -1.39. The van der Waals surface area contributed by atoms with Gasteiger partial charge in [-0.25, -0.2) is 4.79 Å². The van der Waals surface area contributed by atoms with Gasteiger partial charge in [-0.1, -0.05) is 151 Å². The lowest BCUT2D eigenvalue weighted by Gasteiger charge is -2.15. The van der Waals surface area contributed by atoms with Crippen LogP contribution < -0.4 is 10.6 Å². The fourth-order valence-corrected chi connectivity index (χ4v) is 6.00. The van der Waals surface area contributed by atoms with Gasteiger partial charge >= 0.3 is 11.9 Å². The lowest BCUT2D eigenvalue weighted by Crippen LogP contribution is -2.47. The molecule has 4 N–H and O–H groups in total. The number of unbranched alkanes of at least 4 members (excludes halogenated alkanes) is 15. The molecule has 0 fully saturated rings. The summed E-state index contributed by atoms with van der Waals surface area (Å²) >= 11 is 0. The van der Waals surface area contributed by atoms with E-state index in [1.807, 2.05) is 0 Å². The number of ether oxygens (including phenoxy) is 1. The summed E-state index contributed by atoms with van der Waals surface area (Å²) in [5, 5.41) is 22.5. The topological polar surface area (TPSA) is 142 Å². The van der Waals surface area contributed by atoms with Crippen molar-refractivity contribution in [1.29, 1.82) is 0 Å². The zero-order valence-corrected chi connectivity index (χ0v) is 35.8. The molecule has 2 unspecified atom stereocenters. The standard InChI is InChI=1S/C48H80N2O7/c1-3-5-7-9-11-12-13-14-15-16-17-18-19-20-21-22-23-24-25-26-28-30-36-40-47(54)57-43(37-33-29-27-10-8-6-4-2)38-34-31-32-35-39-45(52)49-41-46(53)50-44(42-51)48(55)56/h5,7,11-12,14-15,17-18,20-21,33,37,43-44,51H,3-4,6,8-10,13,16,19,22-32,34-36,38-42H2,1-2H3,(H,49,52)(H,50,53)(H,55,56)/b7-5-,12-11-,15-14-,18-17-,21-20-,37-33-. The van der Waals surface area contributed by atoms with Crippen LogP contribution in [0.1, 0.15) is 181 Å². The minimum atomic E-state index is -1.39. The summed E-state index contributed by atoms with van der Waals surface area (Å²) in [5.41, 5.74) is 0. The van der Waals surface area contributed by atoms with Gasteiger partial charge in [-0.05, 0) is 89.5 Å². The van der Waals surface area contributed by atoms with Crippen molar-refractivity contribution in [2.75, 3.05) is 13.2 Å². The maximum atomic E-state index is 12.7. The Morgan fingerprint density at radius 3 is 1.61 bits per heavy atom. The third-order valence-electron chi connectivity index (χ3n) is 9.42. The van der Waals surface area contributed by atoms with E-state index in [0.29, 0.717) is 12.8 Å². The van der Waals surface area contributed by atoms with Gasteiger partial charge in [-0.3, -0.25) is 14.4 Å². The highest BCUT2D eigenvalue weighted by Gasteiger charge is 2.18. The third-order valence-corrected chi connectivity index (χ3v) is 9.42. The predicted molar refractivity (Wildman–Crippen MR) is 236 cm³/mol. The summed E-state index contributed by atoms with van der Waals surface area (Å²) in [5.74, 6) is -2.42. The van der Waals surface area contributed by atoms with Gasteiger partial charge in [-0.15, -0.1) is 0 Å². The van der Waals surface area contributed by atoms with Gasteiger partial charge in [0, 0.05) is 12.8 Å². The Morgan fingerprint density at radius 2 is 1.05 bits per heavy atom. The first-order valence-corrected chi connectivity index (χ1v) is 22.3. The molecule has 0 saturated heterocycles. The Bertz CT molecular complexity index is 1190. The number of aliphatic hydroxyl groups excluding tert-OH is 1. The number of aliphatic hydroxyl groups is 1. The van der Waals surface area contributed by atoms with Crippen LogP contribution >= 0.6 is 0 Å². The van der Waals surface area contributed by atoms with E-state index in [1.165, 1.54) is 51.4 Å². The molecule has 0 heterocycles. The number of carbonyl (C=O) groups is 4. The molecule has 0 rings (SSSR count). The summed E-state index contributed by atoms with van der Waals surface area (Å²) in [7, 11) is 0. The molecule has 0 bridgehead atoms. The van der Waals surface area contributed by atoms with Crippen LogP contribution in [-0.4, -0.2) is 59.3 Å². The summed E-state index contributed by atoms with van der Waals surface area (Å²) in [6.07, 6.45) is 52.4. The van der Waals surface area contributed by atoms with Crippen molar-refractivity contribution in [3.63, 3.8) is 0 Å². The molecule has 2 atom stereocenters. The number of carbonyl (C=O) groups excluding carboxylic acids is 3. The summed E-state index contributed by atoms with van der Waals surface area (Å²) < 4.78 is 5.90. The molecule has 57 heavy (non-hydrogen) atoms. The second kappa shape index (κ2) is 41.9. The van der Waals surface area contributed by atoms with Crippen molar-refractivity contribution in [3.05, 3.63) is 72.9 Å². The molecular weight excluding hydrogens is 717 g/mol. The largest absolute Gasteiger partial charge is 0.480 e. The normalized spacial score (nSPS) is 13.2. The number of nitrogens with one attached hydrogen (secondary N) is 2. The second-order valence-corrected chi connectivity index (χ2v) is 14.8. The number of aliphatic carboxylic acids is 1. The van der Waals surface area contributed by atoms with Crippen molar-refractivity contribution < 1.29 is 34.1 Å². The Morgan fingerprint density at radius 1 is 0.561 bits per heavy atom. The van der Waals surface area contributed by atoms with Gasteiger partial charge in [0.25, 0.3) is 0 Å². The van der Waals surface area contributed by atoms with Crippen LogP contribution in [0.4, 0.5) is 0 Å². The predicted octanol–water partition coefficient (Wildman–Crippen LogP) is 11.1. The molecule has 9 nitrogen and oxygen atoms in total. The molecule has 0 saturated carbocycles. The number of hydrogen-bond donors (Lipinski definition) is 4. The van der Waals surface area contributed by atoms with Gasteiger partial charge in [0.2, 0.25) is 11.8 Å². The number of amides is 2. The van der Waals surface area contributed by atoms with E-state index in [4.69, 9.17) is 14.9 Å². The maximum absolute atomic E-state index is 12.7. The molecule has 0 aromatic rings. The number of carboxylic acid groups (broad SMARTS) is 1. The Labute approximate surface area is 346 Å². The van der Waals surface area contributed by atoms with Gasteiger partial charge < -0.3 is 25.6 Å². The molecular formula is C48H80N2O7. The zero-order chi connectivity index (χ0) is 41.9. The minimum Gasteiger partial charge on any atom is -0.480 e. The highest BCUT2D eigenvalue weighted by Crippen LogP contribution is 2.15. The van der Waals surface area contributed by atoms with Crippen LogP contribution in [-0.2, 0) is 23.9 Å². The van der Waals surface area contributed by atoms with Crippen LogP contribution in [0.25, 0.3) is 0 Å². The first kappa shape index (κ1) is 53.3. The van der Waals surface area contributed by atoms with Crippen molar-refractivity contribution in [1.82, 2.24) is 10.6 Å². The Balaban J connectivity index is 4.17. The monoisotopic (exact) mass is 797 g/mol. The van der Waals surface area contributed by atoms with Gasteiger partial charge in [-0.2, -0.15) is 0 Å². The number of esters is 1. The van der Waals surface area contributed by atoms with Crippen LogP contribution in [0.15, 0.2) is 72.9 Å². The lowest BCUT2D eigenvalue weighted by atomic mass is 10.1.